The highest BCUT2D eigenvalue weighted by Gasteiger charge is 2.11. The predicted octanol–water partition coefficient (Wildman–Crippen LogP) is 4.42. The van der Waals surface area contributed by atoms with E-state index in [1.807, 2.05) is 65.5 Å². The van der Waals surface area contributed by atoms with Crippen LogP contribution in [-0.4, -0.2) is 16.4 Å². The Hall–Kier alpha value is -2.59. The maximum Gasteiger partial charge on any atom is 0.119 e. The highest BCUT2D eigenvalue weighted by molar-refractivity contribution is 5.64. The van der Waals surface area contributed by atoms with Gasteiger partial charge in [-0.3, -0.25) is 0 Å². The molecule has 0 bridgehead atoms. The quantitative estimate of drug-likeness (QED) is 0.695. The lowest BCUT2D eigenvalue weighted by atomic mass is 10.1. The summed E-state index contributed by atoms with van der Waals surface area (Å²) in [6, 6.07) is 18.1. The van der Waals surface area contributed by atoms with Gasteiger partial charge in [0.05, 0.1) is 18.0 Å². The van der Waals surface area contributed by atoms with E-state index in [4.69, 9.17) is 15.6 Å². The van der Waals surface area contributed by atoms with Gasteiger partial charge >= 0.3 is 0 Å². The molecule has 2 aromatic carbocycles. The summed E-state index contributed by atoms with van der Waals surface area (Å²) in [5, 5.41) is 4.73. The van der Waals surface area contributed by atoms with Gasteiger partial charge in [-0.25, -0.2) is 4.68 Å². The second kappa shape index (κ2) is 7.99. The number of rotatable bonds is 7. The lowest BCUT2D eigenvalue weighted by Gasteiger charge is -2.08. The van der Waals surface area contributed by atoms with Crippen LogP contribution in [0.3, 0.4) is 0 Å². The van der Waals surface area contributed by atoms with Gasteiger partial charge in [0.2, 0.25) is 0 Å². The van der Waals surface area contributed by atoms with Gasteiger partial charge in [0.25, 0.3) is 0 Å². The van der Waals surface area contributed by atoms with Gasteiger partial charge in [0, 0.05) is 23.9 Å². The largest absolute Gasteiger partial charge is 0.494 e. The van der Waals surface area contributed by atoms with Crippen LogP contribution in [0, 0.1) is 5.92 Å². The zero-order valence-corrected chi connectivity index (χ0v) is 14.9. The summed E-state index contributed by atoms with van der Waals surface area (Å²) >= 11 is 0. The maximum absolute atomic E-state index is 5.93. The molecule has 4 nitrogen and oxygen atoms in total. The number of hydrogen-bond donors (Lipinski definition) is 1. The van der Waals surface area contributed by atoms with Gasteiger partial charge in [-0.2, -0.15) is 5.10 Å². The Morgan fingerprint density at radius 1 is 1.04 bits per heavy atom. The summed E-state index contributed by atoms with van der Waals surface area (Å²) in [5.41, 5.74) is 9.94. The van der Waals surface area contributed by atoms with E-state index in [9.17, 15) is 0 Å². The molecule has 3 aromatic rings. The molecule has 0 unspecified atom stereocenters. The molecule has 0 saturated heterocycles. The summed E-state index contributed by atoms with van der Waals surface area (Å²) in [6.07, 6.45) is 3.05. The average molecular weight is 335 g/mol. The Balaban J connectivity index is 1.80. The van der Waals surface area contributed by atoms with E-state index in [1.165, 1.54) is 0 Å². The van der Waals surface area contributed by atoms with Gasteiger partial charge in [-0.05, 0) is 48.7 Å². The summed E-state index contributed by atoms with van der Waals surface area (Å²) in [4.78, 5) is 0. The molecule has 0 aliphatic rings. The van der Waals surface area contributed by atoms with Gasteiger partial charge in [-0.1, -0.05) is 32.0 Å². The molecule has 3 rings (SSSR count). The van der Waals surface area contributed by atoms with Crippen LogP contribution in [0.1, 0.15) is 25.8 Å². The van der Waals surface area contributed by atoms with E-state index in [-0.39, 0.29) is 0 Å². The SMILES string of the molecule is CC(C)CCOc1ccc(-c2nn(-c3ccccc3)cc2CN)cc1. The Bertz CT molecular complexity index is 792. The summed E-state index contributed by atoms with van der Waals surface area (Å²) in [7, 11) is 0. The molecule has 0 spiro atoms. The predicted molar refractivity (Wildman–Crippen MR) is 102 cm³/mol. The number of ether oxygens (including phenoxy) is 1. The Morgan fingerprint density at radius 2 is 1.76 bits per heavy atom. The topological polar surface area (TPSA) is 53.1 Å². The second-order valence-electron chi connectivity index (χ2n) is 6.54. The van der Waals surface area contributed by atoms with Gasteiger partial charge in [0.1, 0.15) is 5.75 Å². The van der Waals surface area contributed by atoms with Crippen molar-refractivity contribution < 1.29 is 4.74 Å². The van der Waals surface area contributed by atoms with E-state index < -0.39 is 0 Å². The Morgan fingerprint density at radius 3 is 2.40 bits per heavy atom. The molecule has 0 saturated carbocycles. The Labute approximate surface area is 149 Å². The normalized spacial score (nSPS) is 11.0. The first-order chi connectivity index (χ1) is 12.2. The van der Waals surface area contributed by atoms with Crippen molar-refractivity contribution in [3.05, 3.63) is 66.4 Å². The van der Waals surface area contributed by atoms with Crippen LogP contribution >= 0.6 is 0 Å². The standard InChI is InChI=1S/C21H25N3O/c1-16(2)12-13-25-20-10-8-17(9-11-20)21-18(14-22)15-24(23-21)19-6-4-3-5-7-19/h3-11,15-16H,12-14,22H2,1-2H3. The van der Waals surface area contributed by atoms with Crippen molar-refractivity contribution in [3.63, 3.8) is 0 Å². The van der Waals surface area contributed by atoms with Crippen LogP contribution < -0.4 is 10.5 Å². The molecule has 0 aliphatic carbocycles. The molecule has 0 aliphatic heterocycles. The first-order valence-electron chi connectivity index (χ1n) is 8.74. The summed E-state index contributed by atoms with van der Waals surface area (Å²) < 4.78 is 7.67. The zero-order valence-electron chi connectivity index (χ0n) is 14.9. The van der Waals surface area contributed by atoms with Crippen molar-refractivity contribution in [3.8, 4) is 22.7 Å². The molecular formula is C21H25N3O. The number of hydrogen-bond acceptors (Lipinski definition) is 3. The minimum absolute atomic E-state index is 0.453. The van der Waals surface area contributed by atoms with Gasteiger partial charge < -0.3 is 10.5 Å². The van der Waals surface area contributed by atoms with Crippen molar-refractivity contribution in [1.29, 1.82) is 0 Å². The second-order valence-corrected chi connectivity index (χ2v) is 6.54. The van der Waals surface area contributed by atoms with Crippen LogP contribution in [0.4, 0.5) is 0 Å². The molecule has 0 radical (unpaired) electrons. The maximum atomic E-state index is 5.93. The molecule has 25 heavy (non-hydrogen) atoms. The number of nitrogens with two attached hydrogens (primary N) is 1. The molecule has 4 heteroatoms. The van der Waals surface area contributed by atoms with E-state index in [1.54, 1.807) is 0 Å². The van der Waals surface area contributed by atoms with Crippen molar-refractivity contribution in [2.45, 2.75) is 26.8 Å². The molecule has 130 valence electrons. The summed E-state index contributed by atoms with van der Waals surface area (Å²) in [5.74, 6) is 1.54. The molecule has 0 fully saturated rings. The molecule has 1 heterocycles. The molecule has 1 aromatic heterocycles. The van der Waals surface area contributed by atoms with Crippen molar-refractivity contribution in [2.75, 3.05) is 6.61 Å². The van der Waals surface area contributed by atoms with Crippen LogP contribution in [0.25, 0.3) is 16.9 Å². The summed E-state index contributed by atoms with van der Waals surface area (Å²) in [6.45, 7) is 5.59. The lowest BCUT2D eigenvalue weighted by molar-refractivity contribution is 0.289. The van der Waals surface area contributed by atoms with E-state index in [0.717, 1.165) is 41.3 Å². The van der Waals surface area contributed by atoms with E-state index in [2.05, 4.69) is 13.8 Å². The van der Waals surface area contributed by atoms with E-state index >= 15 is 0 Å². The fourth-order valence-corrected chi connectivity index (χ4v) is 2.64. The number of aromatic nitrogens is 2. The molecular weight excluding hydrogens is 310 g/mol. The fourth-order valence-electron chi connectivity index (χ4n) is 2.64. The third-order valence-electron chi connectivity index (χ3n) is 4.12. The highest BCUT2D eigenvalue weighted by atomic mass is 16.5. The van der Waals surface area contributed by atoms with Crippen LogP contribution in [-0.2, 0) is 6.54 Å². The van der Waals surface area contributed by atoms with Crippen LogP contribution in [0.15, 0.2) is 60.8 Å². The van der Waals surface area contributed by atoms with Crippen molar-refractivity contribution in [2.24, 2.45) is 11.7 Å². The first kappa shape index (κ1) is 17.2. The minimum atomic E-state index is 0.453. The van der Waals surface area contributed by atoms with Gasteiger partial charge in [-0.15, -0.1) is 0 Å². The van der Waals surface area contributed by atoms with Crippen molar-refractivity contribution in [1.82, 2.24) is 9.78 Å². The van der Waals surface area contributed by atoms with E-state index in [0.29, 0.717) is 12.5 Å². The minimum Gasteiger partial charge on any atom is -0.494 e. The molecule has 0 atom stereocenters. The molecule has 2 N–H and O–H groups in total. The lowest BCUT2D eigenvalue weighted by Crippen LogP contribution is -2.01. The monoisotopic (exact) mass is 335 g/mol. The number of nitrogens with zero attached hydrogens (tertiary/aromatic N) is 2. The first-order valence-corrected chi connectivity index (χ1v) is 8.74. The third kappa shape index (κ3) is 4.28. The van der Waals surface area contributed by atoms with Gasteiger partial charge in [0.15, 0.2) is 0 Å². The molecule has 0 amide bonds. The highest BCUT2D eigenvalue weighted by Crippen LogP contribution is 2.25. The number of para-hydroxylation sites is 1. The fraction of sp³-hybridized carbons (Fsp3) is 0.286. The third-order valence-corrected chi connectivity index (χ3v) is 4.12. The smallest absolute Gasteiger partial charge is 0.119 e. The van der Waals surface area contributed by atoms with Crippen LogP contribution in [0.2, 0.25) is 0 Å². The Kier molecular flexibility index (Phi) is 5.51. The zero-order chi connectivity index (χ0) is 17.6. The average Bonchev–Trinajstić information content (AvgIpc) is 3.07. The number of benzene rings is 2. The van der Waals surface area contributed by atoms with Crippen molar-refractivity contribution >= 4 is 0 Å². The van der Waals surface area contributed by atoms with Crippen LogP contribution in [0.5, 0.6) is 5.75 Å².